The monoisotopic (exact) mass is 353 g/mol. The number of anilines is 1. The van der Waals surface area contributed by atoms with Crippen molar-refractivity contribution in [3.05, 3.63) is 66.0 Å². The van der Waals surface area contributed by atoms with E-state index >= 15 is 0 Å². The summed E-state index contributed by atoms with van der Waals surface area (Å²) in [4.78, 5) is 16.5. The van der Waals surface area contributed by atoms with Crippen LogP contribution in [0.25, 0.3) is 0 Å². The van der Waals surface area contributed by atoms with Crippen LogP contribution in [0.1, 0.15) is 18.4 Å². The minimum atomic E-state index is -0.204. The van der Waals surface area contributed by atoms with E-state index < -0.39 is 0 Å². The summed E-state index contributed by atoms with van der Waals surface area (Å²) >= 11 is 0. The number of hydrogen-bond acceptors (Lipinski definition) is 2. The lowest BCUT2D eigenvalue weighted by Crippen LogP contribution is -2.54. The Labute approximate surface area is 153 Å². The molecule has 2 aliphatic rings. The summed E-state index contributed by atoms with van der Waals surface area (Å²) in [7, 11) is 0. The Morgan fingerprint density at radius 2 is 1.62 bits per heavy atom. The van der Waals surface area contributed by atoms with Crippen LogP contribution in [0.4, 0.5) is 14.9 Å². The van der Waals surface area contributed by atoms with Crippen LogP contribution in [0, 0.1) is 5.82 Å². The van der Waals surface area contributed by atoms with Crippen LogP contribution in [-0.4, -0.2) is 42.6 Å². The molecule has 2 aromatic carbocycles. The second kappa shape index (κ2) is 6.98. The predicted molar refractivity (Wildman–Crippen MR) is 101 cm³/mol. The first-order chi connectivity index (χ1) is 12.7. The van der Waals surface area contributed by atoms with Gasteiger partial charge in [0.25, 0.3) is 0 Å². The van der Waals surface area contributed by atoms with Gasteiger partial charge in [-0.3, -0.25) is 0 Å². The highest BCUT2D eigenvalue weighted by molar-refractivity contribution is 5.76. The smallest absolute Gasteiger partial charge is 0.317 e. The topological polar surface area (TPSA) is 35.6 Å². The molecule has 2 fully saturated rings. The molecule has 1 aliphatic heterocycles. The molecule has 1 saturated carbocycles. The highest BCUT2D eigenvalue weighted by Gasteiger charge is 2.44. The van der Waals surface area contributed by atoms with Crippen molar-refractivity contribution in [2.24, 2.45) is 0 Å². The first kappa shape index (κ1) is 16.9. The Balaban J connectivity index is 1.32. The minimum absolute atomic E-state index is 0.00612. The number of nitrogens with zero attached hydrogens (tertiary/aromatic N) is 2. The molecular weight excluding hydrogens is 329 g/mol. The van der Waals surface area contributed by atoms with E-state index in [1.807, 2.05) is 34.1 Å². The van der Waals surface area contributed by atoms with Crippen molar-refractivity contribution < 1.29 is 9.18 Å². The highest BCUT2D eigenvalue weighted by atomic mass is 19.1. The molecule has 1 saturated heterocycles. The van der Waals surface area contributed by atoms with Crippen molar-refractivity contribution >= 4 is 11.7 Å². The zero-order chi connectivity index (χ0) is 18.0. The molecule has 0 unspecified atom stereocenters. The molecule has 0 aromatic heterocycles. The lowest BCUT2D eigenvalue weighted by Gasteiger charge is -2.37. The molecule has 0 spiro atoms. The third kappa shape index (κ3) is 3.66. The van der Waals surface area contributed by atoms with Gasteiger partial charge >= 0.3 is 6.03 Å². The van der Waals surface area contributed by atoms with E-state index in [-0.39, 0.29) is 17.4 Å². The predicted octanol–water partition coefficient (Wildman–Crippen LogP) is 3.43. The number of rotatable bonds is 4. The second-order valence-electron chi connectivity index (χ2n) is 7.30. The number of benzene rings is 2. The van der Waals surface area contributed by atoms with E-state index in [4.69, 9.17) is 0 Å². The molecule has 4 nitrogen and oxygen atoms in total. The fourth-order valence-electron chi connectivity index (χ4n) is 3.65. The largest absolute Gasteiger partial charge is 0.366 e. The molecule has 1 heterocycles. The standard InChI is InChI=1S/C21H24FN3O/c22-18-8-4-5-9-19(18)24-12-14-25(15-13-24)20(26)23-21(10-11-21)16-17-6-2-1-3-7-17/h1-9H,10-16H2,(H,23,26). The summed E-state index contributed by atoms with van der Waals surface area (Å²) in [6, 6.07) is 17.1. The van der Waals surface area contributed by atoms with Crippen molar-refractivity contribution in [2.45, 2.75) is 24.8 Å². The number of halogens is 1. The first-order valence-electron chi connectivity index (χ1n) is 9.26. The van der Waals surface area contributed by atoms with Crippen molar-refractivity contribution in [1.29, 1.82) is 0 Å². The lowest BCUT2D eigenvalue weighted by molar-refractivity contribution is 0.188. The fourth-order valence-corrected chi connectivity index (χ4v) is 3.65. The zero-order valence-electron chi connectivity index (χ0n) is 14.8. The van der Waals surface area contributed by atoms with Gasteiger partial charge in [-0.2, -0.15) is 0 Å². The maximum absolute atomic E-state index is 13.9. The van der Waals surface area contributed by atoms with Crippen LogP contribution in [0.15, 0.2) is 54.6 Å². The first-order valence-corrected chi connectivity index (χ1v) is 9.26. The van der Waals surface area contributed by atoms with Gasteiger partial charge < -0.3 is 15.1 Å². The quantitative estimate of drug-likeness (QED) is 0.914. The molecule has 0 radical (unpaired) electrons. The number of nitrogens with one attached hydrogen (secondary N) is 1. The molecule has 0 atom stereocenters. The van der Waals surface area contributed by atoms with Crippen LogP contribution in [0.3, 0.4) is 0 Å². The number of carbonyl (C=O) groups is 1. The number of para-hydroxylation sites is 1. The van der Waals surface area contributed by atoms with E-state index in [0.717, 1.165) is 19.3 Å². The van der Waals surface area contributed by atoms with E-state index in [0.29, 0.717) is 31.9 Å². The third-order valence-corrected chi connectivity index (χ3v) is 5.37. The van der Waals surface area contributed by atoms with Gasteiger partial charge in [-0.1, -0.05) is 42.5 Å². The summed E-state index contributed by atoms with van der Waals surface area (Å²) in [5.74, 6) is -0.204. The van der Waals surface area contributed by atoms with Crippen LogP contribution < -0.4 is 10.2 Å². The normalized spacial score (nSPS) is 18.5. The van der Waals surface area contributed by atoms with Crippen LogP contribution >= 0.6 is 0 Å². The third-order valence-electron chi connectivity index (χ3n) is 5.37. The van der Waals surface area contributed by atoms with E-state index in [2.05, 4.69) is 17.4 Å². The fraction of sp³-hybridized carbons (Fsp3) is 0.381. The maximum Gasteiger partial charge on any atom is 0.317 e. The van der Waals surface area contributed by atoms with Gasteiger partial charge in [-0.05, 0) is 37.0 Å². The SMILES string of the molecule is O=C(NC1(Cc2ccccc2)CC1)N1CCN(c2ccccc2F)CC1. The van der Waals surface area contributed by atoms with Gasteiger partial charge in [-0.25, -0.2) is 9.18 Å². The molecule has 1 aliphatic carbocycles. The molecule has 2 aromatic rings. The Hall–Kier alpha value is -2.56. The molecule has 4 rings (SSSR count). The Morgan fingerprint density at radius 1 is 0.962 bits per heavy atom. The summed E-state index contributed by atoms with van der Waals surface area (Å²) in [5, 5.41) is 3.25. The van der Waals surface area contributed by atoms with Gasteiger partial charge in [0.15, 0.2) is 0 Å². The summed E-state index contributed by atoms with van der Waals surface area (Å²) in [6.45, 7) is 2.53. The van der Waals surface area contributed by atoms with Crippen molar-refractivity contribution in [2.75, 3.05) is 31.1 Å². The number of carbonyl (C=O) groups excluding carboxylic acids is 1. The Bertz CT molecular complexity index is 768. The average molecular weight is 353 g/mol. The van der Waals surface area contributed by atoms with Gasteiger partial charge in [0.1, 0.15) is 5.82 Å². The van der Waals surface area contributed by atoms with E-state index in [1.165, 1.54) is 11.6 Å². The molecule has 26 heavy (non-hydrogen) atoms. The molecule has 136 valence electrons. The Morgan fingerprint density at radius 3 is 2.27 bits per heavy atom. The molecule has 1 N–H and O–H groups in total. The lowest BCUT2D eigenvalue weighted by atomic mass is 10.0. The average Bonchev–Trinajstić information content (AvgIpc) is 3.42. The van der Waals surface area contributed by atoms with Gasteiger partial charge in [0.05, 0.1) is 5.69 Å². The van der Waals surface area contributed by atoms with Gasteiger partial charge in [0.2, 0.25) is 0 Å². The van der Waals surface area contributed by atoms with Crippen LogP contribution in [0.2, 0.25) is 0 Å². The number of amides is 2. The van der Waals surface area contributed by atoms with Gasteiger partial charge in [-0.15, -0.1) is 0 Å². The second-order valence-corrected chi connectivity index (χ2v) is 7.30. The highest BCUT2D eigenvalue weighted by Crippen LogP contribution is 2.38. The van der Waals surface area contributed by atoms with Crippen LogP contribution in [0.5, 0.6) is 0 Å². The van der Waals surface area contributed by atoms with E-state index in [1.54, 1.807) is 12.1 Å². The molecule has 5 heteroatoms. The van der Waals surface area contributed by atoms with Gasteiger partial charge in [0, 0.05) is 31.7 Å². The zero-order valence-corrected chi connectivity index (χ0v) is 14.8. The number of piperazine rings is 1. The summed E-state index contributed by atoms with van der Waals surface area (Å²) in [6.07, 6.45) is 2.94. The number of urea groups is 1. The van der Waals surface area contributed by atoms with Crippen LogP contribution in [-0.2, 0) is 6.42 Å². The summed E-state index contributed by atoms with van der Waals surface area (Å²) in [5.41, 5.74) is 1.80. The molecule has 0 bridgehead atoms. The van der Waals surface area contributed by atoms with Crippen molar-refractivity contribution in [3.63, 3.8) is 0 Å². The van der Waals surface area contributed by atoms with Crippen molar-refractivity contribution in [3.8, 4) is 0 Å². The molecular formula is C21H24FN3O. The minimum Gasteiger partial charge on any atom is -0.366 e. The summed E-state index contributed by atoms with van der Waals surface area (Å²) < 4.78 is 13.9. The Kier molecular flexibility index (Phi) is 4.53. The molecule has 2 amide bonds. The van der Waals surface area contributed by atoms with Crippen molar-refractivity contribution in [1.82, 2.24) is 10.2 Å². The van der Waals surface area contributed by atoms with E-state index in [9.17, 15) is 9.18 Å². The maximum atomic E-state index is 13.9. The number of hydrogen-bond donors (Lipinski definition) is 1.